The van der Waals surface area contributed by atoms with Crippen LogP contribution in [0.4, 0.5) is 0 Å². The van der Waals surface area contributed by atoms with Gasteiger partial charge in [0.1, 0.15) is 6.04 Å². The Morgan fingerprint density at radius 3 is 2.45 bits per heavy atom. The second kappa shape index (κ2) is 10.3. The van der Waals surface area contributed by atoms with Crippen LogP contribution < -0.4 is 5.73 Å². The van der Waals surface area contributed by atoms with Gasteiger partial charge in [-0.3, -0.25) is 4.79 Å². The molecule has 0 heterocycles. The SMILES string of the molecule is CSCC[C@H](N)C(=O)O.[OH][Fe]. The molecule has 0 unspecified atom stereocenters. The van der Waals surface area contributed by atoms with Crippen molar-refractivity contribution in [2.24, 2.45) is 5.73 Å². The molecule has 0 saturated carbocycles. The fourth-order valence-electron chi connectivity index (χ4n) is 0.368. The minimum atomic E-state index is -0.913. The van der Waals surface area contributed by atoms with E-state index in [-0.39, 0.29) is 0 Å². The average molecular weight is 222 g/mol. The predicted octanol–water partition coefficient (Wildman–Crippen LogP) is -0.408. The third kappa shape index (κ3) is 10.3. The first-order valence-electron chi connectivity index (χ1n) is 2.81. The van der Waals surface area contributed by atoms with Gasteiger partial charge in [-0.1, -0.05) is 0 Å². The van der Waals surface area contributed by atoms with Crippen molar-refractivity contribution < 1.29 is 30.4 Å². The Labute approximate surface area is 78.7 Å². The van der Waals surface area contributed by atoms with Crippen molar-refractivity contribution in [3.8, 4) is 0 Å². The molecule has 0 spiro atoms. The molecule has 6 heteroatoms. The van der Waals surface area contributed by atoms with Gasteiger partial charge in [-0.05, 0) is 18.4 Å². The molecule has 0 rings (SSSR count). The Morgan fingerprint density at radius 1 is 1.73 bits per heavy atom. The van der Waals surface area contributed by atoms with Crippen LogP contribution in [0.5, 0.6) is 0 Å². The van der Waals surface area contributed by atoms with Crippen molar-refractivity contribution in [3.05, 3.63) is 0 Å². The van der Waals surface area contributed by atoms with Gasteiger partial charge in [-0.25, -0.2) is 0 Å². The molecule has 0 amide bonds. The van der Waals surface area contributed by atoms with Crippen molar-refractivity contribution in [2.75, 3.05) is 12.0 Å². The van der Waals surface area contributed by atoms with Crippen LogP contribution in [-0.2, 0) is 21.1 Å². The fraction of sp³-hybridized carbons (Fsp3) is 0.800. The van der Waals surface area contributed by atoms with E-state index < -0.39 is 12.0 Å². The Hall–Kier alpha value is 0.259. The van der Waals surface area contributed by atoms with Crippen LogP contribution in [-0.4, -0.2) is 33.3 Å². The molecule has 0 saturated heterocycles. The summed E-state index contributed by atoms with van der Waals surface area (Å²) < 4.78 is 6.75. The molecule has 0 bridgehead atoms. The van der Waals surface area contributed by atoms with Gasteiger partial charge in [0.05, 0.1) is 0 Å². The van der Waals surface area contributed by atoms with Crippen LogP contribution in [0.1, 0.15) is 6.42 Å². The molecule has 0 radical (unpaired) electrons. The summed E-state index contributed by atoms with van der Waals surface area (Å²) in [7, 11) is 0. The van der Waals surface area contributed by atoms with E-state index in [0.29, 0.717) is 6.42 Å². The van der Waals surface area contributed by atoms with E-state index in [0.717, 1.165) is 5.75 Å². The number of hydrogen-bond acceptors (Lipinski definition) is 4. The molecule has 69 valence electrons. The summed E-state index contributed by atoms with van der Waals surface area (Å²) in [6.07, 6.45) is 2.48. The molecule has 4 N–H and O–H groups in total. The number of carboxylic acid groups (broad SMARTS) is 1. The predicted molar refractivity (Wildman–Crippen MR) is 40.8 cm³/mol. The van der Waals surface area contributed by atoms with Gasteiger partial charge in [0.2, 0.25) is 0 Å². The maximum atomic E-state index is 10.1. The standard InChI is InChI=1S/C5H11NO2S.Fe.H2O/c1-9-3-2-4(6)5(7)8;;/h4H,2-3,6H2,1H3,(H,7,8);;1H2/q;+1;/p-1/t4-;;/m0../s1. The molecule has 0 aliphatic heterocycles. The summed E-state index contributed by atoms with van der Waals surface area (Å²) in [4.78, 5) is 10.1. The zero-order valence-electron chi connectivity index (χ0n) is 6.13. The quantitative estimate of drug-likeness (QED) is 0.563. The van der Waals surface area contributed by atoms with Crippen LogP contribution >= 0.6 is 11.8 Å². The Morgan fingerprint density at radius 2 is 2.18 bits per heavy atom. The maximum absolute atomic E-state index is 10.1. The third-order valence-corrected chi connectivity index (χ3v) is 1.59. The van der Waals surface area contributed by atoms with Crippen LogP contribution in [0, 0.1) is 0 Å². The number of aliphatic carboxylic acids is 1. The summed E-state index contributed by atoms with van der Waals surface area (Å²) in [6.45, 7) is 0. The first-order valence-corrected chi connectivity index (χ1v) is 4.70. The van der Waals surface area contributed by atoms with Crippen molar-refractivity contribution in [1.29, 1.82) is 0 Å². The molecule has 0 aliphatic rings. The topological polar surface area (TPSA) is 83.6 Å². The van der Waals surface area contributed by atoms with Gasteiger partial charge in [0, 0.05) is 0 Å². The molecule has 1 atom stereocenters. The second-order valence-corrected chi connectivity index (χ2v) is 2.71. The van der Waals surface area contributed by atoms with Crippen molar-refractivity contribution in [1.82, 2.24) is 0 Å². The summed E-state index contributed by atoms with van der Waals surface area (Å²) >= 11 is 3.85. The number of thioether (sulfide) groups is 1. The van der Waals surface area contributed by atoms with Gasteiger partial charge >= 0.3 is 26.5 Å². The van der Waals surface area contributed by atoms with Crippen molar-refractivity contribution in [2.45, 2.75) is 12.5 Å². The van der Waals surface area contributed by atoms with E-state index in [1.165, 1.54) is 0 Å². The van der Waals surface area contributed by atoms with E-state index in [9.17, 15) is 4.79 Å². The first-order chi connectivity index (χ1) is 5.18. The number of carbonyl (C=O) groups is 1. The van der Waals surface area contributed by atoms with E-state index in [2.05, 4.69) is 16.3 Å². The average Bonchev–Trinajstić information content (AvgIpc) is 2.03. The molecule has 4 nitrogen and oxygen atoms in total. The van der Waals surface area contributed by atoms with Gasteiger partial charge < -0.3 is 10.8 Å². The summed E-state index contributed by atoms with van der Waals surface area (Å²) in [5.74, 6) is -0.1000. The fourth-order valence-corrected chi connectivity index (χ4v) is 0.858. The van der Waals surface area contributed by atoms with Gasteiger partial charge in [0.25, 0.3) is 0 Å². The Bertz CT molecular complexity index is 104. The number of hydrogen-bond donors (Lipinski definition) is 3. The minimum absolute atomic E-state index is 0.552. The third-order valence-electron chi connectivity index (χ3n) is 0.950. The van der Waals surface area contributed by atoms with Crippen molar-refractivity contribution in [3.63, 3.8) is 0 Å². The van der Waals surface area contributed by atoms with Gasteiger partial charge in [-0.2, -0.15) is 11.8 Å². The molecule has 0 fully saturated rings. The summed E-state index contributed by atoms with van der Waals surface area (Å²) in [5.41, 5.74) is 5.19. The van der Waals surface area contributed by atoms with Gasteiger partial charge in [-0.15, -0.1) is 0 Å². The van der Waals surface area contributed by atoms with Crippen LogP contribution in [0.25, 0.3) is 0 Å². The normalized spacial score (nSPS) is 11.3. The zero-order chi connectivity index (χ0) is 9.28. The number of rotatable bonds is 4. The van der Waals surface area contributed by atoms with Crippen LogP contribution in [0.15, 0.2) is 0 Å². The van der Waals surface area contributed by atoms with Gasteiger partial charge in [0.15, 0.2) is 0 Å². The molecular weight excluding hydrogens is 210 g/mol. The Kier molecular flexibility index (Phi) is 12.9. The molecule has 0 aromatic rings. The molecule has 0 aromatic heterocycles. The number of nitrogens with two attached hydrogens (primary N) is 1. The van der Waals surface area contributed by atoms with Crippen LogP contribution in [0.2, 0.25) is 0 Å². The van der Waals surface area contributed by atoms with E-state index in [1.54, 1.807) is 11.8 Å². The molecule has 0 aromatic carbocycles. The second-order valence-electron chi connectivity index (χ2n) is 1.73. The monoisotopic (exact) mass is 222 g/mol. The molecule has 11 heavy (non-hydrogen) atoms. The number of carboxylic acids is 1. The van der Waals surface area contributed by atoms with E-state index >= 15 is 0 Å². The first kappa shape index (κ1) is 13.8. The summed E-state index contributed by atoms with van der Waals surface area (Å²) in [6, 6.07) is -0.683. The van der Waals surface area contributed by atoms with E-state index in [1.807, 2.05) is 6.26 Å². The molecular formula is C5H12FeNO3S. The van der Waals surface area contributed by atoms with E-state index in [4.69, 9.17) is 15.0 Å². The Balaban J connectivity index is 0. The molecule has 0 aliphatic carbocycles. The summed E-state index contributed by atoms with van der Waals surface area (Å²) in [5, 5.41) is 8.27. The zero-order valence-corrected chi connectivity index (χ0v) is 8.05. The van der Waals surface area contributed by atoms with Crippen LogP contribution in [0.3, 0.4) is 0 Å². The van der Waals surface area contributed by atoms with Crippen molar-refractivity contribution >= 4 is 17.7 Å².